The SMILES string of the molecule is COC(CC(=O)ON(C)C(=O)[C@@H](NC(=O)OCc1ccccc1)C(C)C)CC(C)C. The smallest absolute Gasteiger partial charge is 0.408 e. The van der Waals surface area contributed by atoms with Crippen molar-refractivity contribution in [2.45, 2.75) is 59.3 Å². The van der Waals surface area contributed by atoms with Crippen molar-refractivity contribution in [1.82, 2.24) is 10.4 Å². The van der Waals surface area contributed by atoms with Gasteiger partial charge in [-0.25, -0.2) is 9.59 Å². The number of amides is 2. The number of nitrogens with one attached hydrogen (secondary N) is 1. The number of rotatable bonds is 10. The number of benzene rings is 1. The summed E-state index contributed by atoms with van der Waals surface area (Å²) in [5.41, 5.74) is 0.834. The second-order valence-corrected chi connectivity index (χ2v) is 7.92. The van der Waals surface area contributed by atoms with E-state index in [1.807, 2.05) is 44.2 Å². The van der Waals surface area contributed by atoms with Gasteiger partial charge in [-0.15, -0.1) is 0 Å². The highest BCUT2D eigenvalue weighted by molar-refractivity contribution is 5.86. The molecular weight excluding hydrogens is 388 g/mol. The van der Waals surface area contributed by atoms with Crippen LogP contribution < -0.4 is 5.32 Å². The molecule has 0 heterocycles. The molecule has 8 heteroatoms. The molecule has 0 fully saturated rings. The summed E-state index contributed by atoms with van der Waals surface area (Å²) < 4.78 is 10.5. The van der Waals surface area contributed by atoms with Crippen LogP contribution >= 0.6 is 0 Å². The molecule has 0 saturated heterocycles. The van der Waals surface area contributed by atoms with Gasteiger partial charge in [-0.2, -0.15) is 5.06 Å². The first kappa shape index (κ1) is 25.4. The fraction of sp³-hybridized carbons (Fsp3) is 0.591. The zero-order valence-corrected chi connectivity index (χ0v) is 18.7. The van der Waals surface area contributed by atoms with Crippen molar-refractivity contribution in [2.75, 3.05) is 14.2 Å². The molecular formula is C22H34N2O6. The van der Waals surface area contributed by atoms with E-state index >= 15 is 0 Å². The van der Waals surface area contributed by atoms with Crippen LogP contribution in [0.5, 0.6) is 0 Å². The Morgan fingerprint density at radius 2 is 1.70 bits per heavy atom. The average Bonchev–Trinajstić information content (AvgIpc) is 2.69. The van der Waals surface area contributed by atoms with E-state index in [2.05, 4.69) is 5.32 Å². The normalized spacial score (nSPS) is 12.9. The number of hydroxylamine groups is 2. The van der Waals surface area contributed by atoms with Crippen molar-refractivity contribution in [3.63, 3.8) is 0 Å². The molecule has 0 aromatic heterocycles. The third kappa shape index (κ3) is 9.26. The Morgan fingerprint density at radius 1 is 1.07 bits per heavy atom. The van der Waals surface area contributed by atoms with Crippen molar-refractivity contribution < 1.29 is 28.7 Å². The van der Waals surface area contributed by atoms with E-state index in [9.17, 15) is 14.4 Å². The maximum Gasteiger partial charge on any atom is 0.408 e. The molecule has 0 aliphatic carbocycles. The number of carbonyl (C=O) groups is 3. The predicted molar refractivity (Wildman–Crippen MR) is 112 cm³/mol. The van der Waals surface area contributed by atoms with Crippen LogP contribution in [-0.2, 0) is 30.5 Å². The molecule has 0 aliphatic heterocycles. The molecule has 0 radical (unpaired) electrons. The molecule has 1 aromatic rings. The van der Waals surface area contributed by atoms with Crippen LogP contribution in [0, 0.1) is 11.8 Å². The van der Waals surface area contributed by atoms with Crippen molar-refractivity contribution in [3.05, 3.63) is 35.9 Å². The van der Waals surface area contributed by atoms with E-state index in [0.29, 0.717) is 12.3 Å². The Morgan fingerprint density at radius 3 is 2.23 bits per heavy atom. The first-order chi connectivity index (χ1) is 14.1. The van der Waals surface area contributed by atoms with E-state index in [1.165, 1.54) is 14.2 Å². The molecule has 30 heavy (non-hydrogen) atoms. The number of carbonyl (C=O) groups excluding carboxylic acids is 3. The van der Waals surface area contributed by atoms with Gasteiger partial charge in [0.05, 0.1) is 12.5 Å². The standard InChI is InChI=1S/C22H34N2O6/c1-15(2)12-18(28-6)13-19(25)30-24(5)21(26)20(16(3)4)23-22(27)29-14-17-10-8-7-9-11-17/h7-11,15-16,18,20H,12-14H2,1-6H3,(H,23,27)/t18?,20-/m0/s1. The summed E-state index contributed by atoms with van der Waals surface area (Å²) in [5.74, 6) is -1.01. The van der Waals surface area contributed by atoms with Crippen LogP contribution in [0.1, 0.15) is 46.1 Å². The number of hydrogen-bond donors (Lipinski definition) is 1. The van der Waals surface area contributed by atoms with Crippen LogP contribution in [0.3, 0.4) is 0 Å². The molecule has 8 nitrogen and oxygen atoms in total. The summed E-state index contributed by atoms with van der Waals surface area (Å²) in [6.45, 7) is 7.70. The lowest BCUT2D eigenvalue weighted by Crippen LogP contribution is -2.50. The van der Waals surface area contributed by atoms with Crippen LogP contribution in [0.15, 0.2) is 30.3 Å². The van der Waals surface area contributed by atoms with Gasteiger partial charge < -0.3 is 19.6 Å². The summed E-state index contributed by atoms with van der Waals surface area (Å²) in [7, 11) is 2.88. The van der Waals surface area contributed by atoms with Gasteiger partial charge in [0, 0.05) is 14.2 Å². The zero-order chi connectivity index (χ0) is 22.7. The number of likely N-dealkylation sites (N-methyl/N-ethyl adjacent to an activating group) is 1. The Labute approximate surface area is 178 Å². The van der Waals surface area contributed by atoms with Gasteiger partial charge in [0.1, 0.15) is 12.6 Å². The monoisotopic (exact) mass is 422 g/mol. The Bertz CT molecular complexity index is 677. The van der Waals surface area contributed by atoms with E-state index < -0.39 is 24.0 Å². The lowest BCUT2D eigenvalue weighted by molar-refractivity contribution is -0.196. The van der Waals surface area contributed by atoms with Crippen LogP contribution in [0.25, 0.3) is 0 Å². The molecule has 2 amide bonds. The van der Waals surface area contributed by atoms with Crippen molar-refractivity contribution in [1.29, 1.82) is 0 Å². The van der Waals surface area contributed by atoms with Gasteiger partial charge >= 0.3 is 12.1 Å². The molecule has 1 N–H and O–H groups in total. The molecule has 1 aromatic carbocycles. The summed E-state index contributed by atoms with van der Waals surface area (Å²) in [6.07, 6.45) is -0.271. The number of hydrogen-bond acceptors (Lipinski definition) is 6. The Kier molecular flexibility index (Phi) is 10.9. The highest BCUT2D eigenvalue weighted by Crippen LogP contribution is 2.13. The third-order valence-electron chi connectivity index (χ3n) is 4.43. The molecule has 2 atom stereocenters. The first-order valence-corrected chi connectivity index (χ1v) is 10.1. The molecule has 0 aliphatic rings. The van der Waals surface area contributed by atoms with Gasteiger partial charge in [-0.05, 0) is 23.8 Å². The molecule has 0 saturated carbocycles. The van der Waals surface area contributed by atoms with E-state index in [-0.39, 0.29) is 25.0 Å². The molecule has 1 unspecified atom stereocenters. The minimum atomic E-state index is -0.903. The summed E-state index contributed by atoms with van der Waals surface area (Å²) in [4.78, 5) is 42.2. The first-order valence-electron chi connectivity index (χ1n) is 10.1. The van der Waals surface area contributed by atoms with E-state index in [0.717, 1.165) is 10.6 Å². The molecule has 1 rings (SSSR count). The minimum absolute atomic E-state index is 0.0329. The second kappa shape index (κ2) is 12.8. The van der Waals surface area contributed by atoms with Gasteiger partial charge in [-0.1, -0.05) is 58.0 Å². The maximum absolute atomic E-state index is 12.7. The molecule has 0 spiro atoms. The topological polar surface area (TPSA) is 94.2 Å². The number of methoxy groups -OCH3 is 1. The lowest BCUT2D eigenvalue weighted by atomic mass is 10.0. The van der Waals surface area contributed by atoms with Crippen LogP contribution in [0.4, 0.5) is 4.79 Å². The quantitative estimate of drug-likeness (QED) is 0.582. The van der Waals surface area contributed by atoms with Gasteiger partial charge in [-0.3, -0.25) is 4.79 Å². The van der Waals surface area contributed by atoms with Gasteiger partial charge in [0.2, 0.25) is 0 Å². The lowest BCUT2D eigenvalue weighted by Gasteiger charge is -2.26. The highest BCUT2D eigenvalue weighted by atomic mass is 16.7. The molecule has 0 bridgehead atoms. The van der Waals surface area contributed by atoms with Crippen LogP contribution in [0.2, 0.25) is 0 Å². The maximum atomic E-state index is 12.7. The summed E-state index contributed by atoms with van der Waals surface area (Å²) in [5, 5.41) is 3.40. The van der Waals surface area contributed by atoms with E-state index in [1.54, 1.807) is 13.8 Å². The van der Waals surface area contributed by atoms with Crippen molar-refractivity contribution in [3.8, 4) is 0 Å². The highest BCUT2D eigenvalue weighted by Gasteiger charge is 2.30. The fourth-order valence-electron chi connectivity index (χ4n) is 2.81. The van der Waals surface area contributed by atoms with E-state index in [4.69, 9.17) is 14.3 Å². The predicted octanol–water partition coefficient (Wildman–Crippen LogP) is 3.31. The van der Waals surface area contributed by atoms with Crippen molar-refractivity contribution in [2.24, 2.45) is 11.8 Å². The fourth-order valence-corrected chi connectivity index (χ4v) is 2.81. The van der Waals surface area contributed by atoms with Gasteiger partial charge in [0.15, 0.2) is 0 Å². The number of nitrogens with zero attached hydrogens (tertiary/aromatic N) is 1. The average molecular weight is 423 g/mol. The summed E-state index contributed by atoms with van der Waals surface area (Å²) in [6, 6.07) is 8.31. The largest absolute Gasteiger partial charge is 0.445 e. The number of alkyl carbamates (subject to hydrolysis) is 1. The summed E-state index contributed by atoms with van der Waals surface area (Å²) >= 11 is 0. The molecule has 168 valence electrons. The van der Waals surface area contributed by atoms with Crippen LogP contribution in [-0.4, -0.2) is 49.3 Å². The second-order valence-electron chi connectivity index (χ2n) is 7.92. The minimum Gasteiger partial charge on any atom is -0.445 e. The zero-order valence-electron chi connectivity index (χ0n) is 18.7. The van der Waals surface area contributed by atoms with Crippen molar-refractivity contribution >= 4 is 18.0 Å². The van der Waals surface area contributed by atoms with Gasteiger partial charge in [0.25, 0.3) is 5.91 Å². The Hall–Kier alpha value is -2.61. The third-order valence-corrected chi connectivity index (χ3v) is 4.43. The Balaban J connectivity index is 2.59. The number of ether oxygens (including phenoxy) is 2.